The van der Waals surface area contributed by atoms with Gasteiger partial charge in [-0.25, -0.2) is 5.43 Å². The first-order valence-electron chi connectivity index (χ1n) is 8.76. The fraction of sp³-hybridized carbons (Fsp3) is 0.190. The van der Waals surface area contributed by atoms with Crippen molar-refractivity contribution in [1.29, 1.82) is 0 Å². The zero-order chi connectivity index (χ0) is 16.8. The summed E-state index contributed by atoms with van der Waals surface area (Å²) in [5.41, 5.74) is 20.3. The molecule has 124 valence electrons. The van der Waals surface area contributed by atoms with Gasteiger partial charge < -0.3 is 11.2 Å². The number of rotatable bonds is 3. The van der Waals surface area contributed by atoms with Crippen molar-refractivity contribution in [2.75, 3.05) is 5.43 Å². The van der Waals surface area contributed by atoms with E-state index in [0.717, 1.165) is 34.0 Å². The van der Waals surface area contributed by atoms with Crippen LogP contribution in [-0.4, -0.2) is 4.98 Å². The van der Waals surface area contributed by atoms with E-state index in [0.29, 0.717) is 0 Å². The molecule has 0 amide bonds. The number of fused-ring (bicyclic) bond motifs is 1. The molecule has 0 saturated heterocycles. The van der Waals surface area contributed by atoms with Crippen molar-refractivity contribution in [3.63, 3.8) is 0 Å². The predicted molar refractivity (Wildman–Crippen MR) is 101 cm³/mol. The molecule has 25 heavy (non-hydrogen) atoms. The van der Waals surface area contributed by atoms with E-state index in [4.69, 9.17) is 10.7 Å². The van der Waals surface area contributed by atoms with Gasteiger partial charge in [-0.2, -0.15) is 0 Å². The summed E-state index contributed by atoms with van der Waals surface area (Å²) in [4.78, 5) is 4.70. The van der Waals surface area contributed by atoms with Gasteiger partial charge in [0.2, 0.25) is 0 Å². The number of nitrogens with one attached hydrogen (secondary N) is 2. The Bertz CT molecular complexity index is 946. The summed E-state index contributed by atoms with van der Waals surface area (Å²) in [6.07, 6.45) is 4.29. The van der Waals surface area contributed by atoms with E-state index >= 15 is 0 Å². The number of hydrogen-bond acceptors (Lipinski definition) is 4. The smallest absolute Gasteiger partial charge is 0.100 e. The monoisotopic (exact) mass is 328 g/mol. The molecule has 1 aromatic heterocycles. The van der Waals surface area contributed by atoms with E-state index in [9.17, 15) is 0 Å². The summed E-state index contributed by atoms with van der Waals surface area (Å²) in [5.74, 6) is 0.738. The molecule has 4 heteroatoms. The van der Waals surface area contributed by atoms with Crippen LogP contribution in [0.15, 0.2) is 60.8 Å². The van der Waals surface area contributed by atoms with Gasteiger partial charge in [-0.3, -0.25) is 4.98 Å². The maximum atomic E-state index is 6.11. The van der Waals surface area contributed by atoms with Gasteiger partial charge in [0.1, 0.15) is 6.17 Å². The highest BCUT2D eigenvalue weighted by atomic mass is 15.4. The average Bonchev–Trinajstić information content (AvgIpc) is 3.46. The lowest BCUT2D eigenvalue weighted by atomic mass is 9.95. The standard InChI is InChI=1S/C21H20N4/c22-21-18-12-15(8-9-19(18)24-25-21)17-5-2-10-23-20(17)16-4-1-3-14(11-16)13-6-7-13/h1-5,8-13,21,24-25H,6-7,22H2. The van der Waals surface area contributed by atoms with E-state index in [1.807, 2.05) is 12.3 Å². The van der Waals surface area contributed by atoms with Crippen LogP contribution in [-0.2, 0) is 0 Å². The van der Waals surface area contributed by atoms with Gasteiger partial charge >= 0.3 is 0 Å². The SMILES string of the molecule is NC1NNc2ccc(-c3cccnc3-c3cccc(C4CC4)c3)cc21. The topological polar surface area (TPSA) is 63.0 Å². The Balaban J connectivity index is 1.62. The maximum Gasteiger partial charge on any atom is 0.100 e. The number of pyridine rings is 1. The van der Waals surface area contributed by atoms with Crippen LogP contribution in [0, 0.1) is 0 Å². The number of benzene rings is 2. The second kappa shape index (κ2) is 5.69. The van der Waals surface area contributed by atoms with Crippen LogP contribution in [0.3, 0.4) is 0 Å². The summed E-state index contributed by atoms with van der Waals surface area (Å²) < 4.78 is 0. The number of hydrogen-bond donors (Lipinski definition) is 3. The first-order chi connectivity index (χ1) is 12.3. The third-order valence-electron chi connectivity index (χ3n) is 5.08. The summed E-state index contributed by atoms with van der Waals surface area (Å²) in [6.45, 7) is 0. The normalized spacial score (nSPS) is 18.7. The van der Waals surface area contributed by atoms with Gasteiger partial charge in [0.05, 0.1) is 11.4 Å². The molecule has 1 aliphatic carbocycles. The number of aromatic nitrogens is 1. The molecule has 1 atom stereocenters. The van der Waals surface area contributed by atoms with Crippen molar-refractivity contribution >= 4 is 5.69 Å². The number of nitrogens with two attached hydrogens (primary N) is 1. The van der Waals surface area contributed by atoms with Crippen molar-refractivity contribution in [3.8, 4) is 22.4 Å². The minimum atomic E-state index is -0.187. The molecule has 2 aliphatic rings. The molecule has 1 aliphatic heterocycles. The van der Waals surface area contributed by atoms with Crippen molar-refractivity contribution in [2.45, 2.75) is 24.9 Å². The van der Waals surface area contributed by atoms with Crippen LogP contribution < -0.4 is 16.6 Å². The molecule has 1 unspecified atom stereocenters. The van der Waals surface area contributed by atoms with E-state index < -0.39 is 0 Å². The van der Waals surface area contributed by atoms with Crippen LogP contribution >= 0.6 is 0 Å². The largest absolute Gasteiger partial charge is 0.319 e. The van der Waals surface area contributed by atoms with Crippen LogP contribution in [0.5, 0.6) is 0 Å². The molecule has 3 aromatic rings. The Morgan fingerprint density at radius 2 is 1.88 bits per heavy atom. The molecular formula is C21H20N4. The Labute approximate surface area is 147 Å². The van der Waals surface area contributed by atoms with Gasteiger partial charge in [-0.05, 0) is 54.2 Å². The van der Waals surface area contributed by atoms with E-state index in [1.54, 1.807) is 0 Å². The Morgan fingerprint density at radius 3 is 2.76 bits per heavy atom. The molecule has 1 saturated carbocycles. The Hall–Kier alpha value is -2.69. The molecule has 4 nitrogen and oxygen atoms in total. The third-order valence-corrected chi connectivity index (χ3v) is 5.08. The number of anilines is 1. The zero-order valence-electron chi connectivity index (χ0n) is 13.9. The maximum absolute atomic E-state index is 6.11. The first-order valence-corrected chi connectivity index (χ1v) is 8.76. The number of hydrazine groups is 1. The highest BCUT2D eigenvalue weighted by Gasteiger charge is 2.24. The summed E-state index contributed by atoms with van der Waals surface area (Å²) in [7, 11) is 0. The van der Waals surface area contributed by atoms with Gasteiger partial charge in [-0.1, -0.05) is 30.3 Å². The van der Waals surface area contributed by atoms with Crippen LogP contribution in [0.25, 0.3) is 22.4 Å². The van der Waals surface area contributed by atoms with Crippen LogP contribution in [0.2, 0.25) is 0 Å². The lowest BCUT2D eigenvalue weighted by Gasteiger charge is -2.12. The van der Waals surface area contributed by atoms with Crippen molar-refractivity contribution in [2.24, 2.45) is 5.73 Å². The molecule has 0 spiro atoms. The van der Waals surface area contributed by atoms with Gasteiger partial charge in [0, 0.05) is 22.9 Å². The number of nitrogens with zero attached hydrogens (tertiary/aromatic N) is 1. The Morgan fingerprint density at radius 1 is 0.960 bits per heavy atom. The average molecular weight is 328 g/mol. The molecule has 1 fully saturated rings. The van der Waals surface area contributed by atoms with E-state index in [1.165, 1.54) is 24.0 Å². The first kappa shape index (κ1) is 14.6. The van der Waals surface area contributed by atoms with Crippen molar-refractivity contribution < 1.29 is 0 Å². The second-order valence-corrected chi connectivity index (χ2v) is 6.85. The van der Waals surface area contributed by atoms with Crippen LogP contribution in [0.1, 0.15) is 36.1 Å². The fourth-order valence-electron chi connectivity index (χ4n) is 3.56. The Kier molecular flexibility index (Phi) is 3.33. The lowest BCUT2D eigenvalue weighted by Crippen LogP contribution is -2.25. The zero-order valence-corrected chi connectivity index (χ0v) is 13.9. The minimum absolute atomic E-state index is 0.187. The van der Waals surface area contributed by atoms with E-state index in [-0.39, 0.29) is 6.17 Å². The quantitative estimate of drug-likeness (QED) is 0.675. The molecular weight excluding hydrogens is 308 g/mol. The van der Waals surface area contributed by atoms with Gasteiger partial charge in [0.15, 0.2) is 0 Å². The molecule has 2 aromatic carbocycles. The highest BCUT2D eigenvalue weighted by molar-refractivity contribution is 5.82. The van der Waals surface area contributed by atoms with Crippen molar-refractivity contribution in [1.82, 2.24) is 10.4 Å². The third kappa shape index (κ3) is 2.60. The van der Waals surface area contributed by atoms with Crippen LogP contribution in [0.4, 0.5) is 5.69 Å². The molecule has 0 bridgehead atoms. The van der Waals surface area contributed by atoms with Gasteiger partial charge in [-0.15, -0.1) is 0 Å². The summed E-state index contributed by atoms with van der Waals surface area (Å²) in [5, 5.41) is 0. The summed E-state index contributed by atoms with van der Waals surface area (Å²) in [6, 6.07) is 19.3. The predicted octanol–water partition coefficient (Wildman–Crippen LogP) is 4.18. The minimum Gasteiger partial charge on any atom is -0.319 e. The fourth-order valence-corrected chi connectivity index (χ4v) is 3.56. The van der Waals surface area contributed by atoms with Crippen molar-refractivity contribution in [3.05, 3.63) is 71.9 Å². The lowest BCUT2D eigenvalue weighted by molar-refractivity contribution is 0.655. The molecule has 4 N–H and O–H groups in total. The van der Waals surface area contributed by atoms with Gasteiger partial charge in [0.25, 0.3) is 0 Å². The second-order valence-electron chi connectivity index (χ2n) is 6.85. The molecule has 2 heterocycles. The summed E-state index contributed by atoms with van der Waals surface area (Å²) >= 11 is 0. The molecule has 0 radical (unpaired) electrons. The molecule has 5 rings (SSSR count). The highest BCUT2D eigenvalue weighted by Crippen LogP contribution is 2.42. The van der Waals surface area contributed by atoms with E-state index in [2.05, 4.69) is 59.4 Å².